The molecule has 82 valence electrons. The molecule has 0 bridgehead atoms. The zero-order chi connectivity index (χ0) is 12.0. The summed E-state index contributed by atoms with van der Waals surface area (Å²) in [6, 6.07) is 6.65. The number of carbonyl (C=O) groups is 2. The van der Waals surface area contributed by atoms with Crippen LogP contribution in [-0.4, -0.2) is 11.8 Å². The first kappa shape index (κ1) is 11.7. The van der Waals surface area contributed by atoms with E-state index in [4.69, 9.17) is 5.26 Å². The third kappa shape index (κ3) is 3.42. The fourth-order valence-corrected chi connectivity index (χ4v) is 1.12. The Labute approximate surface area is 93.1 Å². The fourth-order valence-electron chi connectivity index (χ4n) is 1.12. The number of hydrogen-bond donors (Lipinski definition) is 2. The summed E-state index contributed by atoms with van der Waals surface area (Å²) in [4.78, 5) is 21.9. The van der Waals surface area contributed by atoms with E-state index in [2.05, 4.69) is 5.32 Å². The van der Waals surface area contributed by atoms with Gasteiger partial charge in [0.25, 0.3) is 5.91 Å². The molecule has 0 heterocycles. The Balaban J connectivity index is 2.65. The van der Waals surface area contributed by atoms with Gasteiger partial charge in [-0.3, -0.25) is 14.9 Å². The predicted octanol–water partition coefficient (Wildman–Crippen LogP) is 0.534. The molecule has 0 saturated carbocycles. The van der Waals surface area contributed by atoms with Gasteiger partial charge in [-0.2, -0.15) is 5.26 Å². The first-order valence-corrected chi connectivity index (χ1v) is 4.66. The first-order chi connectivity index (χ1) is 7.63. The summed E-state index contributed by atoms with van der Waals surface area (Å²) < 4.78 is 0. The molecule has 0 saturated heterocycles. The number of benzene rings is 1. The minimum atomic E-state index is -0.437. The summed E-state index contributed by atoms with van der Waals surface area (Å²) in [7, 11) is 0. The predicted molar refractivity (Wildman–Crippen MR) is 57.0 cm³/mol. The Morgan fingerprint density at radius 3 is 2.44 bits per heavy atom. The summed E-state index contributed by atoms with van der Waals surface area (Å²) >= 11 is 0. The van der Waals surface area contributed by atoms with Crippen LogP contribution in [0.5, 0.6) is 0 Å². The van der Waals surface area contributed by atoms with Crippen LogP contribution in [0, 0.1) is 11.5 Å². The van der Waals surface area contributed by atoms with Crippen LogP contribution in [-0.2, 0) is 11.3 Å². The number of amides is 2. The number of carbonyl (C=O) groups excluding carboxylic acids is 2. The Hall–Kier alpha value is -2.35. The Morgan fingerprint density at radius 2 is 1.94 bits per heavy atom. The highest BCUT2D eigenvalue weighted by Crippen LogP contribution is 2.04. The fraction of sp³-hybridized carbons (Fsp3) is 0.182. The summed E-state index contributed by atoms with van der Waals surface area (Å²) in [5.74, 6) is -0.542. The van der Waals surface area contributed by atoms with E-state index in [1.54, 1.807) is 30.5 Å². The topological polar surface area (TPSA) is 82.0 Å². The molecule has 0 aliphatic heterocycles. The molecule has 0 fully saturated rings. The lowest BCUT2D eigenvalue weighted by Crippen LogP contribution is -2.19. The zero-order valence-electron chi connectivity index (χ0n) is 8.78. The second-order valence-electron chi connectivity index (χ2n) is 3.17. The molecule has 0 unspecified atom stereocenters. The van der Waals surface area contributed by atoms with Crippen molar-refractivity contribution in [1.29, 1.82) is 5.26 Å². The van der Waals surface area contributed by atoms with Gasteiger partial charge in [0.2, 0.25) is 5.91 Å². The van der Waals surface area contributed by atoms with E-state index in [1.807, 2.05) is 5.32 Å². The molecule has 1 rings (SSSR count). The second-order valence-corrected chi connectivity index (χ2v) is 3.17. The molecule has 0 radical (unpaired) electrons. The highest BCUT2D eigenvalue weighted by Gasteiger charge is 2.03. The van der Waals surface area contributed by atoms with Crippen molar-refractivity contribution in [2.75, 3.05) is 0 Å². The van der Waals surface area contributed by atoms with Crippen LogP contribution in [0.15, 0.2) is 24.3 Å². The number of rotatable bonds is 3. The van der Waals surface area contributed by atoms with Gasteiger partial charge in [0.1, 0.15) is 0 Å². The number of nitriles is 1. The van der Waals surface area contributed by atoms with E-state index in [0.29, 0.717) is 12.1 Å². The minimum absolute atomic E-state index is 0.105. The van der Waals surface area contributed by atoms with E-state index < -0.39 is 5.91 Å². The molecule has 0 aliphatic carbocycles. The molecule has 0 spiro atoms. The molecular formula is C11H11N3O2. The molecule has 16 heavy (non-hydrogen) atoms. The zero-order valence-corrected chi connectivity index (χ0v) is 8.78. The van der Waals surface area contributed by atoms with Crippen molar-refractivity contribution >= 4 is 11.8 Å². The molecule has 5 heteroatoms. The lowest BCUT2D eigenvalue weighted by molar-refractivity contribution is -0.119. The first-order valence-electron chi connectivity index (χ1n) is 4.66. The van der Waals surface area contributed by atoms with Gasteiger partial charge in [-0.15, -0.1) is 0 Å². The van der Waals surface area contributed by atoms with Crippen molar-refractivity contribution in [3.8, 4) is 6.19 Å². The summed E-state index contributed by atoms with van der Waals surface area (Å²) in [6.07, 6.45) is 1.56. The van der Waals surface area contributed by atoms with Crippen LogP contribution in [0.3, 0.4) is 0 Å². The van der Waals surface area contributed by atoms with Gasteiger partial charge in [-0.1, -0.05) is 12.1 Å². The Kier molecular flexibility index (Phi) is 4.04. The quantitative estimate of drug-likeness (QED) is 0.572. The standard InChI is InChI=1S/C11H11N3O2/c1-8(15)13-6-9-2-4-10(5-3-9)11(16)14-7-12/h2-5H,6H2,1H3,(H,13,15)(H,14,16). The van der Waals surface area contributed by atoms with Crippen molar-refractivity contribution in [2.45, 2.75) is 13.5 Å². The molecule has 5 nitrogen and oxygen atoms in total. The van der Waals surface area contributed by atoms with Crippen LogP contribution in [0.1, 0.15) is 22.8 Å². The highest BCUT2D eigenvalue weighted by molar-refractivity contribution is 5.95. The largest absolute Gasteiger partial charge is 0.352 e. The van der Waals surface area contributed by atoms with Crippen LogP contribution in [0.25, 0.3) is 0 Å². The molecule has 1 aromatic rings. The van der Waals surface area contributed by atoms with Gasteiger partial charge in [0, 0.05) is 19.0 Å². The maximum atomic E-state index is 11.2. The van der Waals surface area contributed by atoms with Crippen LogP contribution < -0.4 is 10.6 Å². The SMILES string of the molecule is CC(=O)NCc1ccc(C(=O)NC#N)cc1. The normalized spacial score (nSPS) is 9.00. The number of nitrogens with one attached hydrogen (secondary N) is 2. The van der Waals surface area contributed by atoms with Gasteiger partial charge in [-0.05, 0) is 17.7 Å². The highest BCUT2D eigenvalue weighted by atomic mass is 16.2. The third-order valence-electron chi connectivity index (χ3n) is 1.93. The van der Waals surface area contributed by atoms with Crippen LogP contribution >= 0.6 is 0 Å². The van der Waals surface area contributed by atoms with Gasteiger partial charge in [-0.25, -0.2) is 0 Å². The van der Waals surface area contributed by atoms with Crippen LogP contribution in [0.4, 0.5) is 0 Å². The van der Waals surface area contributed by atoms with Gasteiger partial charge in [0.15, 0.2) is 6.19 Å². The van der Waals surface area contributed by atoms with E-state index >= 15 is 0 Å². The monoisotopic (exact) mass is 217 g/mol. The molecule has 0 atom stereocenters. The lowest BCUT2D eigenvalue weighted by Gasteiger charge is -2.03. The Morgan fingerprint density at radius 1 is 1.31 bits per heavy atom. The van der Waals surface area contributed by atoms with Crippen molar-refractivity contribution in [1.82, 2.24) is 10.6 Å². The summed E-state index contributed by atoms with van der Waals surface area (Å²) in [6.45, 7) is 1.87. The molecule has 1 aromatic carbocycles. The minimum Gasteiger partial charge on any atom is -0.352 e. The van der Waals surface area contributed by atoms with Gasteiger partial charge < -0.3 is 5.32 Å². The number of hydrogen-bond acceptors (Lipinski definition) is 3. The number of nitrogens with zero attached hydrogens (tertiary/aromatic N) is 1. The van der Waals surface area contributed by atoms with Crippen LogP contribution in [0.2, 0.25) is 0 Å². The lowest BCUT2D eigenvalue weighted by atomic mass is 10.1. The summed E-state index contributed by atoms with van der Waals surface area (Å²) in [5.41, 5.74) is 1.30. The van der Waals surface area contributed by atoms with E-state index in [1.165, 1.54) is 6.92 Å². The maximum absolute atomic E-state index is 11.2. The van der Waals surface area contributed by atoms with E-state index in [-0.39, 0.29) is 5.91 Å². The van der Waals surface area contributed by atoms with E-state index in [9.17, 15) is 9.59 Å². The van der Waals surface area contributed by atoms with Crippen molar-refractivity contribution < 1.29 is 9.59 Å². The molecular weight excluding hydrogens is 206 g/mol. The molecule has 0 aromatic heterocycles. The molecule has 2 amide bonds. The summed E-state index contributed by atoms with van der Waals surface area (Å²) in [5, 5.41) is 12.9. The second kappa shape index (κ2) is 5.51. The van der Waals surface area contributed by atoms with Crippen molar-refractivity contribution in [3.63, 3.8) is 0 Å². The Bertz CT molecular complexity index is 432. The van der Waals surface area contributed by atoms with E-state index in [0.717, 1.165) is 5.56 Å². The van der Waals surface area contributed by atoms with Gasteiger partial charge in [0.05, 0.1) is 0 Å². The average Bonchev–Trinajstić information content (AvgIpc) is 2.27. The average molecular weight is 217 g/mol. The molecule has 0 aliphatic rings. The van der Waals surface area contributed by atoms with Gasteiger partial charge >= 0.3 is 0 Å². The van der Waals surface area contributed by atoms with Crippen molar-refractivity contribution in [2.24, 2.45) is 0 Å². The molecule has 2 N–H and O–H groups in total. The third-order valence-corrected chi connectivity index (χ3v) is 1.93. The smallest absolute Gasteiger partial charge is 0.264 e. The maximum Gasteiger partial charge on any atom is 0.264 e. The van der Waals surface area contributed by atoms with Crippen molar-refractivity contribution in [3.05, 3.63) is 35.4 Å².